The fraction of sp³-hybridized carbons (Fsp3) is 0.190. The van der Waals surface area contributed by atoms with Crippen LogP contribution in [0.5, 0.6) is 0 Å². The smallest absolute Gasteiger partial charge is 0.327 e. The molecule has 0 amide bonds. The lowest BCUT2D eigenvalue weighted by Crippen LogP contribution is -2.45. The molecule has 0 radical (unpaired) electrons. The van der Waals surface area contributed by atoms with Gasteiger partial charge in [-0.1, -0.05) is 60.7 Å². The molecule has 0 aliphatic heterocycles. The maximum absolute atomic E-state index is 12.9. The molecule has 2 atom stereocenters. The predicted octanol–water partition coefficient (Wildman–Crippen LogP) is 2.78. The number of hydrogen-bond donors (Lipinski definition) is 2. The molecule has 0 bridgehead atoms. The van der Waals surface area contributed by atoms with Crippen LogP contribution in [0.25, 0.3) is 10.8 Å². The van der Waals surface area contributed by atoms with Crippen molar-refractivity contribution in [2.24, 2.45) is 0 Å². The van der Waals surface area contributed by atoms with E-state index in [1.165, 1.54) is 12.1 Å². The lowest BCUT2D eigenvalue weighted by Gasteiger charge is -2.23. The van der Waals surface area contributed by atoms with Crippen molar-refractivity contribution < 1.29 is 23.1 Å². The van der Waals surface area contributed by atoms with Gasteiger partial charge < -0.3 is 9.84 Å². The average molecular weight is 399 g/mol. The molecule has 0 aromatic heterocycles. The monoisotopic (exact) mass is 399 g/mol. The molecule has 0 saturated carbocycles. The van der Waals surface area contributed by atoms with Gasteiger partial charge in [0.15, 0.2) is 0 Å². The Kier molecular flexibility index (Phi) is 6.08. The van der Waals surface area contributed by atoms with E-state index < -0.39 is 28.1 Å². The maximum Gasteiger partial charge on any atom is 0.327 e. The summed E-state index contributed by atoms with van der Waals surface area (Å²) in [6.45, 7) is 1.68. The van der Waals surface area contributed by atoms with Gasteiger partial charge in [-0.25, -0.2) is 8.42 Å². The first-order chi connectivity index (χ1) is 13.4. The molecule has 0 aliphatic carbocycles. The number of carbonyl (C=O) groups excluding carboxylic acids is 1. The number of aliphatic hydroxyl groups is 1. The standard InChI is InChI=1S/C21H21NO5S/c1-2-27-21(24)19(20(23)16-9-4-3-5-10-16)22-28(25,26)18-13-12-15-8-6-7-11-17(15)14-18/h3-14,19-20,22-23H,2H2,1H3. The van der Waals surface area contributed by atoms with Crippen LogP contribution in [-0.4, -0.2) is 32.1 Å². The minimum absolute atomic E-state index is 0.000704. The van der Waals surface area contributed by atoms with E-state index in [1.807, 2.05) is 18.2 Å². The number of hydrogen-bond acceptors (Lipinski definition) is 5. The molecule has 28 heavy (non-hydrogen) atoms. The maximum atomic E-state index is 12.9. The van der Waals surface area contributed by atoms with Crippen molar-refractivity contribution in [3.05, 3.63) is 78.4 Å². The van der Waals surface area contributed by atoms with Gasteiger partial charge in [-0.3, -0.25) is 4.79 Å². The zero-order valence-electron chi connectivity index (χ0n) is 15.3. The van der Waals surface area contributed by atoms with Crippen LogP contribution >= 0.6 is 0 Å². The van der Waals surface area contributed by atoms with Crippen molar-refractivity contribution in [3.63, 3.8) is 0 Å². The predicted molar refractivity (Wildman–Crippen MR) is 106 cm³/mol. The molecular weight excluding hydrogens is 378 g/mol. The molecule has 7 heteroatoms. The first-order valence-corrected chi connectivity index (χ1v) is 10.3. The highest BCUT2D eigenvalue weighted by Gasteiger charge is 2.34. The zero-order chi connectivity index (χ0) is 20.1. The average Bonchev–Trinajstić information content (AvgIpc) is 2.72. The van der Waals surface area contributed by atoms with Crippen molar-refractivity contribution in [3.8, 4) is 0 Å². The van der Waals surface area contributed by atoms with Crippen LogP contribution < -0.4 is 4.72 Å². The summed E-state index contributed by atoms with van der Waals surface area (Å²) in [6.07, 6.45) is -1.39. The van der Waals surface area contributed by atoms with E-state index in [2.05, 4.69) is 4.72 Å². The van der Waals surface area contributed by atoms with E-state index in [-0.39, 0.29) is 11.5 Å². The SMILES string of the molecule is CCOC(=O)C(NS(=O)(=O)c1ccc2ccccc2c1)C(O)c1ccccc1. The molecule has 146 valence electrons. The molecule has 3 rings (SSSR count). The molecule has 0 fully saturated rings. The summed E-state index contributed by atoms with van der Waals surface area (Å²) in [5.74, 6) is -0.844. The van der Waals surface area contributed by atoms with Gasteiger partial charge in [0.25, 0.3) is 0 Å². The van der Waals surface area contributed by atoms with Crippen molar-refractivity contribution >= 4 is 26.8 Å². The summed E-state index contributed by atoms with van der Waals surface area (Å²) in [6, 6.07) is 18.9. The van der Waals surface area contributed by atoms with Crippen LogP contribution in [0.15, 0.2) is 77.7 Å². The second-order valence-corrected chi connectivity index (χ2v) is 7.93. The highest BCUT2D eigenvalue weighted by atomic mass is 32.2. The van der Waals surface area contributed by atoms with Gasteiger partial charge in [0.2, 0.25) is 10.0 Å². The van der Waals surface area contributed by atoms with Gasteiger partial charge in [-0.05, 0) is 35.4 Å². The topological polar surface area (TPSA) is 92.7 Å². The lowest BCUT2D eigenvalue weighted by atomic mass is 10.0. The number of carbonyl (C=O) groups is 1. The van der Waals surface area contributed by atoms with E-state index in [9.17, 15) is 18.3 Å². The van der Waals surface area contributed by atoms with Crippen LogP contribution in [0.4, 0.5) is 0 Å². The summed E-state index contributed by atoms with van der Waals surface area (Å²) >= 11 is 0. The summed E-state index contributed by atoms with van der Waals surface area (Å²) in [5, 5.41) is 12.3. The molecule has 3 aromatic rings. The summed E-state index contributed by atoms with van der Waals surface area (Å²) in [5.41, 5.74) is 0.404. The number of rotatable bonds is 7. The summed E-state index contributed by atoms with van der Waals surface area (Å²) < 4.78 is 33.1. The number of sulfonamides is 1. The molecule has 6 nitrogen and oxygen atoms in total. The molecule has 3 aromatic carbocycles. The van der Waals surface area contributed by atoms with Gasteiger partial charge in [-0.2, -0.15) is 4.72 Å². The van der Waals surface area contributed by atoms with E-state index in [0.29, 0.717) is 5.56 Å². The van der Waals surface area contributed by atoms with E-state index in [0.717, 1.165) is 10.8 Å². The van der Waals surface area contributed by atoms with Crippen molar-refractivity contribution in [2.45, 2.75) is 24.0 Å². The molecule has 0 spiro atoms. The lowest BCUT2D eigenvalue weighted by molar-refractivity contribution is -0.148. The molecule has 0 saturated heterocycles. The largest absolute Gasteiger partial charge is 0.465 e. The van der Waals surface area contributed by atoms with Crippen LogP contribution in [0.3, 0.4) is 0 Å². The molecule has 2 N–H and O–H groups in total. The number of ether oxygens (including phenoxy) is 1. The van der Waals surface area contributed by atoms with E-state index in [4.69, 9.17) is 4.74 Å². The van der Waals surface area contributed by atoms with Crippen LogP contribution in [0, 0.1) is 0 Å². The summed E-state index contributed by atoms with van der Waals surface area (Å²) in [4.78, 5) is 12.4. The molecule has 2 unspecified atom stereocenters. The molecule has 0 heterocycles. The van der Waals surface area contributed by atoms with Gasteiger partial charge >= 0.3 is 5.97 Å². The Hall–Kier alpha value is -2.74. The minimum Gasteiger partial charge on any atom is -0.465 e. The molecular formula is C21H21NO5S. The highest BCUT2D eigenvalue weighted by Crippen LogP contribution is 2.22. The fourth-order valence-corrected chi connectivity index (χ4v) is 4.11. The Bertz CT molecular complexity index is 1070. The van der Waals surface area contributed by atoms with Crippen LogP contribution in [0.1, 0.15) is 18.6 Å². The van der Waals surface area contributed by atoms with Gasteiger partial charge in [0.1, 0.15) is 12.1 Å². The number of esters is 1. The third-order valence-corrected chi connectivity index (χ3v) is 5.75. The zero-order valence-corrected chi connectivity index (χ0v) is 16.1. The number of nitrogens with one attached hydrogen (secondary N) is 1. The second kappa shape index (κ2) is 8.52. The second-order valence-electron chi connectivity index (χ2n) is 6.22. The Balaban J connectivity index is 1.94. The Labute approximate surface area is 163 Å². The Morgan fingerprint density at radius 3 is 2.32 bits per heavy atom. The van der Waals surface area contributed by atoms with E-state index >= 15 is 0 Å². The first-order valence-electron chi connectivity index (χ1n) is 8.83. The highest BCUT2D eigenvalue weighted by molar-refractivity contribution is 7.89. The third kappa shape index (κ3) is 4.39. The first kappa shape index (κ1) is 20.0. The third-order valence-electron chi connectivity index (χ3n) is 4.31. The van der Waals surface area contributed by atoms with Crippen molar-refractivity contribution in [2.75, 3.05) is 6.61 Å². The number of benzene rings is 3. The Morgan fingerprint density at radius 2 is 1.64 bits per heavy atom. The summed E-state index contributed by atoms with van der Waals surface area (Å²) in [7, 11) is -4.08. The number of fused-ring (bicyclic) bond motifs is 1. The van der Waals surface area contributed by atoms with Crippen LogP contribution in [-0.2, 0) is 19.6 Å². The Morgan fingerprint density at radius 1 is 1.00 bits per heavy atom. The van der Waals surface area contributed by atoms with Crippen molar-refractivity contribution in [1.29, 1.82) is 0 Å². The van der Waals surface area contributed by atoms with Gasteiger partial charge in [0.05, 0.1) is 11.5 Å². The quantitative estimate of drug-likeness (QED) is 0.596. The molecule has 0 aliphatic rings. The normalized spacial score (nSPS) is 13.8. The van der Waals surface area contributed by atoms with Crippen molar-refractivity contribution in [1.82, 2.24) is 4.72 Å². The van der Waals surface area contributed by atoms with Gasteiger partial charge in [-0.15, -0.1) is 0 Å². The van der Waals surface area contributed by atoms with Gasteiger partial charge in [0, 0.05) is 0 Å². The minimum atomic E-state index is -4.08. The van der Waals surface area contributed by atoms with Crippen LogP contribution in [0.2, 0.25) is 0 Å². The number of aliphatic hydroxyl groups excluding tert-OH is 1. The fourth-order valence-electron chi connectivity index (χ4n) is 2.89. The van der Waals surface area contributed by atoms with E-state index in [1.54, 1.807) is 49.4 Å².